The fourth-order valence-corrected chi connectivity index (χ4v) is 3.55. The summed E-state index contributed by atoms with van der Waals surface area (Å²) >= 11 is 5.79. The van der Waals surface area contributed by atoms with E-state index in [-0.39, 0.29) is 4.90 Å². The fraction of sp³-hybridized carbons (Fsp3) is 0.105. The van der Waals surface area contributed by atoms with E-state index >= 15 is 0 Å². The highest BCUT2D eigenvalue weighted by Gasteiger charge is 2.14. The first kappa shape index (κ1) is 18.2. The minimum absolute atomic E-state index is 0.142. The van der Waals surface area contributed by atoms with Crippen LogP contribution in [0.2, 0.25) is 5.02 Å². The van der Waals surface area contributed by atoms with E-state index in [0.717, 1.165) is 0 Å². The van der Waals surface area contributed by atoms with Gasteiger partial charge in [0, 0.05) is 11.6 Å². The number of nitrogens with zero attached hydrogens (tertiary/aromatic N) is 1. The van der Waals surface area contributed by atoms with Crippen LogP contribution in [0.3, 0.4) is 0 Å². The molecule has 0 saturated heterocycles. The van der Waals surface area contributed by atoms with E-state index in [0.29, 0.717) is 23.1 Å². The Morgan fingerprint density at radius 2 is 1.73 bits per heavy atom. The second-order valence-electron chi connectivity index (χ2n) is 5.77. The van der Waals surface area contributed by atoms with Crippen LogP contribution >= 0.6 is 11.6 Å². The van der Waals surface area contributed by atoms with Crippen molar-refractivity contribution in [2.24, 2.45) is 0 Å². The third kappa shape index (κ3) is 4.53. The first-order valence-electron chi connectivity index (χ1n) is 7.97. The molecule has 0 radical (unpaired) electrons. The van der Waals surface area contributed by atoms with E-state index in [1.165, 1.54) is 41.6 Å². The van der Waals surface area contributed by atoms with Gasteiger partial charge in [-0.2, -0.15) is 0 Å². The molecular weight excluding hydrogens is 370 g/mol. The van der Waals surface area contributed by atoms with E-state index in [9.17, 15) is 8.42 Å². The molecule has 0 saturated carbocycles. The van der Waals surface area contributed by atoms with Gasteiger partial charge in [0.05, 0.1) is 16.8 Å². The molecule has 26 heavy (non-hydrogen) atoms. The van der Waals surface area contributed by atoms with E-state index in [1.54, 1.807) is 12.1 Å². The van der Waals surface area contributed by atoms with Crippen LogP contribution in [0.25, 0.3) is 0 Å². The summed E-state index contributed by atoms with van der Waals surface area (Å²) in [5.74, 6) is 0.669. The fourth-order valence-electron chi connectivity index (χ4n) is 2.38. The predicted molar refractivity (Wildman–Crippen MR) is 105 cm³/mol. The largest absolute Gasteiger partial charge is 0.366 e. The molecule has 134 valence electrons. The van der Waals surface area contributed by atoms with Crippen molar-refractivity contribution in [2.75, 3.05) is 10.0 Å². The summed E-state index contributed by atoms with van der Waals surface area (Å²) in [6.45, 7) is 2.70. The number of rotatable bonds is 6. The normalized spacial score (nSPS) is 11.2. The van der Waals surface area contributed by atoms with E-state index < -0.39 is 10.0 Å². The quantitative estimate of drug-likeness (QED) is 0.655. The topological polar surface area (TPSA) is 71.1 Å². The Balaban J connectivity index is 1.66. The molecule has 3 rings (SSSR count). The summed E-state index contributed by atoms with van der Waals surface area (Å²) in [7, 11) is -3.67. The van der Waals surface area contributed by atoms with Crippen molar-refractivity contribution >= 4 is 33.1 Å². The number of nitrogens with one attached hydrogen (secondary N) is 2. The average molecular weight is 388 g/mol. The monoisotopic (exact) mass is 387 g/mol. The third-order valence-electron chi connectivity index (χ3n) is 3.86. The Kier molecular flexibility index (Phi) is 5.44. The molecule has 2 aromatic carbocycles. The molecule has 0 aliphatic rings. The minimum atomic E-state index is -3.67. The highest BCUT2D eigenvalue weighted by molar-refractivity contribution is 7.92. The molecule has 0 bridgehead atoms. The van der Waals surface area contributed by atoms with Crippen LogP contribution in [0.5, 0.6) is 0 Å². The summed E-state index contributed by atoms with van der Waals surface area (Å²) in [6, 6.07) is 17.5. The van der Waals surface area contributed by atoms with Crippen molar-refractivity contribution in [3.8, 4) is 0 Å². The molecule has 3 aromatic rings. The molecule has 7 heteroatoms. The molecule has 0 spiro atoms. The molecule has 0 aliphatic heterocycles. The van der Waals surface area contributed by atoms with E-state index in [1.807, 2.05) is 12.1 Å². The number of halogens is 1. The number of benzene rings is 2. The standard InChI is InChI=1S/C19H18ClN3O2S/c1-14-4-2-3-5-15(14)12-21-19-11-8-17(13-22-19)23-26(24,25)18-9-6-16(20)7-10-18/h2-11,13,23H,12H2,1H3,(H,21,22). The van der Waals surface area contributed by atoms with Gasteiger partial charge in [0.15, 0.2) is 0 Å². The van der Waals surface area contributed by atoms with E-state index in [2.05, 4.69) is 34.1 Å². The van der Waals surface area contributed by atoms with Gasteiger partial charge in [-0.15, -0.1) is 0 Å². The van der Waals surface area contributed by atoms with Gasteiger partial charge in [0.25, 0.3) is 10.0 Å². The minimum Gasteiger partial charge on any atom is -0.366 e. The molecule has 0 atom stereocenters. The Morgan fingerprint density at radius 3 is 2.38 bits per heavy atom. The summed E-state index contributed by atoms with van der Waals surface area (Å²) in [4.78, 5) is 4.40. The van der Waals surface area contributed by atoms with Crippen molar-refractivity contribution in [2.45, 2.75) is 18.4 Å². The summed E-state index contributed by atoms with van der Waals surface area (Å²) in [5, 5.41) is 3.71. The van der Waals surface area contributed by atoms with Gasteiger partial charge in [0.2, 0.25) is 0 Å². The number of aryl methyl sites for hydroxylation is 1. The molecule has 0 fully saturated rings. The Labute approximate surface area is 158 Å². The molecule has 0 amide bonds. The zero-order valence-corrected chi connectivity index (χ0v) is 15.7. The molecule has 1 heterocycles. The van der Waals surface area contributed by atoms with Gasteiger partial charge in [-0.05, 0) is 54.4 Å². The van der Waals surface area contributed by atoms with Crippen LogP contribution in [0.15, 0.2) is 71.8 Å². The number of sulfonamides is 1. The second-order valence-corrected chi connectivity index (χ2v) is 7.89. The lowest BCUT2D eigenvalue weighted by Gasteiger charge is -2.10. The van der Waals surface area contributed by atoms with Gasteiger partial charge in [-0.1, -0.05) is 35.9 Å². The Morgan fingerprint density at radius 1 is 1.00 bits per heavy atom. The molecule has 0 unspecified atom stereocenters. The molecule has 5 nitrogen and oxygen atoms in total. The first-order valence-corrected chi connectivity index (χ1v) is 9.83. The highest BCUT2D eigenvalue weighted by atomic mass is 35.5. The Hall–Kier alpha value is -2.57. The lowest BCUT2D eigenvalue weighted by molar-refractivity contribution is 0.601. The molecule has 0 aliphatic carbocycles. The summed E-state index contributed by atoms with van der Waals surface area (Å²) in [6.07, 6.45) is 1.48. The zero-order valence-electron chi connectivity index (χ0n) is 14.1. The van der Waals surface area contributed by atoms with Crippen molar-refractivity contribution in [1.82, 2.24) is 4.98 Å². The van der Waals surface area contributed by atoms with Crippen LogP contribution in [0.1, 0.15) is 11.1 Å². The maximum Gasteiger partial charge on any atom is 0.261 e. The number of anilines is 2. The van der Waals surface area contributed by atoms with Gasteiger partial charge in [-0.25, -0.2) is 13.4 Å². The SMILES string of the molecule is Cc1ccccc1CNc1ccc(NS(=O)(=O)c2ccc(Cl)cc2)cn1. The van der Waals surface area contributed by atoms with Gasteiger partial charge < -0.3 is 5.32 Å². The average Bonchev–Trinajstić information content (AvgIpc) is 2.62. The van der Waals surface area contributed by atoms with Crippen molar-refractivity contribution < 1.29 is 8.42 Å². The lowest BCUT2D eigenvalue weighted by atomic mass is 10.1. The molecule has 1 aromatic heterocycles. The first-order chi connectivity index (χ1) is 12.4. The number of pyridine rings is 1. The number of hydrogen-bond acceptors (Lipinski definition) is 4. The van der Waals surface area contributed by atoms with Crippen molar-refractivity contribution in [3.05, 3.63) is 83.0 Å². The lowest BCUT2D eigenvalue weighted by Crippen LogP contribution is -2.13. The second kappa shape index (κ2) is 7.76. The third-order valence-corrected chi connectivity index (χ3v) is 5.51. The zero-order chi connectivity index (χ0) is 18.6. The van der Waals surface area contributed by atoms with Crippen LogP contribution in [0, 0.1) is 6.92 Å². The smallest absolute Gasteiger partial charge is 0.261 e. The van der Waals surface area contributed by atoms with E-state index in [4.69, 9.17) is 11.6 Å². The maximum absolute atomic E-state index is 12.3. The maximum atomic E-state index is 12.3. The number of hydrogen-bond donors (Lipinski definition) is 2. The van der Waals surface area contributed by atoms with Gasteiger partial charge in [0.1, 0.15) is 5.82 Å². The van der Waals surface area contributed by atoms with Gasteiger partial charge >= 0.3 is 0 Å². The predicted octanol–water partition coefficient (Wildman–Crippen LogP) is 4.46. The number of aromatic nitrogens is 1. The van der Waals surface area contributed by atoms with Crippen LogP contribution in [-0.2, 0) is 16.6 Å². The van der Waals surface area contributed by atoms with Crippen LogP contribution in [-0.4, -0.2) is 13.4 Å². The summed E-state index contributed by atoms with van der Waals surface area (Å²) < 4.78 is 27.2. The molecule has 2 N–H and O–H groups in total. The Bertz CT molecular complexity index is 988. The van der Waals surface area contributed by atoms with Crippen LogP contribution < -0.4 is 10.0 Å². The summed E-state index contributed by atoms with van der Waals surface area (Å²) in [5.41, 5.74) is 2.77. The van der Waals surface area contributed by atoms with Crippen LogP contribution in [0.4, 0.5) is 11.5 Å². The van der Waals surface area contributed by atoms with Gasteiger partial charge in [-0.3, -0.25) is 4.72 Å². The molecular formula is C19H18ClN3O2S. The highest BCUT2D eigenvalue weighted by Crippen LogP contribution is 2.19. The van der Waals surface area contributed by atoms with Crippen molar-refractivity contribution in [1.29, 1.82) is 0 Å². The van der Waals surface area contributed by atoms with Crippen molar-refractivity contribution in [3.63, 3.8) is 0 Å².